The van der Waals surface area contributed by atoms with Gasteiger partial charge in [-0.05, 0) is 61.2 Å². The van der Waals surface area contributed by atoms with Crippen LogP contribution in [0.1, 0.15) is 44.6 Å². The summed E-state index contributed by atoms with van der Waals surface area (Å²) >= 11 is 3.72. The summed E-state index contributed by atoms with van der Waals surface area (Å²) in [5, 5.41) is 2.14. The van der Waals surface area contributed by atoms with Crippen LogP contribution in [0.5, 0.6) is 0 Å². The van der Waals surface area contributed by atoms with E-state index in [9.17, 15) is 0 Å². The molecule has 0 fully saturated rings. The molecule has 2 heterocycles. The topological polar surface area (TPSA) is 26.0 Å². The first-order valence-corrected chi connectivity index (χ1v) is 7.86. The number of hydrogen-bond acceptors (Lipinski definition) is 3. The van der Waals surface area contributed by atoms with Crippen molar-refractivity contribution in [2.24, 2.45) is 5.73 Å². The van der Waals surface area contributed by atoms with E-state index in [1.165, 1.54) is 41.0 Å². The molecule has 2 N–H and O–H groups in total. The molecule has 90 valence electrons. The maximum absolute atomic E-state index is 6.39. The zero-order valence-electron chi connectivity index (χ0n) is 10.0. The molecule has 3 heteroatoms. The molecule has 2 aromatic heterocycles. The molecule has 0 radical (unpaired) electrons. The van der Waals surface area contributed by atoms with Gasteiger partial charge in [0.2, 0.25) is 0 Å². The first-order chi connectivity index (χ1) is 8.25. The predicted octanol–water partition coefficient (Wildman–Crippen LogP) is 4.04. The Morgan fingerprint density at radius 3 is 2.82 bits per heavy atom. The first kappa shape index (κ1) is 11.5. The minimum Gasteiger partial charge on any atom is -0.320 e. The Morgan fingerprint density at radius 1 is 1.29 bits per heavy atom. The summed E-state index contributed by atoms with van der Waals surface area (Å²) in [7, 11) is 0. The third kappa shape index (κ3) is 2.07. The molecule has 1 aliphatic rings. The van der Waals surface area contributed by atoms with Crippen molar-refractivity contribution in [3.63, 3.8) is 0 Å². The fourth-order valence-electron chi connectivity index (χ4n) is 2.54. The van der Waals surface area contributed by atoms with Crippen molar-refractivity contribution in [2.75, 3.05) is 0 Å². The van der Waals surface area contributed by atoms with Crippen LogP contribution in [-0.4, -0.2) is 0 Å². The van der Waals surface area contributed by atoms with Crippen molar-refractivity contribution >= 4 is 22.7 Å². The van der Waals surface area contributed by atoms with Crippen molar-refractivity contribution < 1.29 is 0 Å². The number of rotatable bonds is 2. The third-order valence-corrected chi connectivity index (χ3v) is 5.74. The van der Waals surface area contributed by atoms with Gasteiger partial charge in [-0.2, -0.15) is 0 Å². The molecule has 0 amide bonds. The molecule has 1 aliphatic carbocycles. The molecular formula is C14H17NS2. The lowest BCUT2D eigenvalue weighted by Crippen LogP contribution is -2.10. The zero-order valence-corrected chi connectivity index (χ0v) is 11.7. The van der Waals surface area contributed by atoms with Gasteiger partial charge in [-0.15, -0.1) is 22.7 Å². The van der Waals surface area contributed by atoms with Gasteiger partial charge in [0, 0.05) is 14.6 Å². The Bertz CT molecular complexity index is 501. The lowest BCUT2D eigenvalue weighted by atomic mass is 9.98. The SMILES string of the molecule is Cc1sccc1C(N)c1cc2c(s1)CCCC2. The molecule has 1 nitrogen and oxygen atoms in total. The van der Waals surface area contributed by atoms with Crippen LogP contribution in [-0.2, 0) is 12.8 Å². The fourth-order valence-corrected chi connectivity index (χ4v) is 4.57. The molecule has 17 heavy (non-hydrogen) atoms. The predicted molar refractivity (Wildman–Crippen MR) is 76.0 cm³/mol. The van der Waals surface area contributed by atoms with Crippen LogP contribution in [0.15, 0.2) is 17.5 Å². The molecule has 1 unspecified atom stereocenters. The van der Waals surface area contributed by atoms with Gasteiger partial charge >= 0.3 is 0 Å². The van der Waals surface area contributed by atoms with Gasteiger partial charge in [-0.3, -0.25) is 0 Å². The summed E-state index contributed by atoms with van der Waals surface area (Å²) in [5.74, 6) is 0. The summed E-state index contributed by atoms with van der Waals surface area (Å²) in [6, 6.07) is 4.60. The molecule has 2 aromatic rings. The number of hydrogen-bond donors (Lipinski definition) is 1. The summed E-state index contributed by atoms with van der Waals surface area (Å²) in [5.41, 5.74) is 9.25. The van der Waals surface area contributed by atoms with Crippen LogP contribution in [0.2, 0.25) is 0 Å². The minimum absolute atomic E-state index is 0.0804. The summed E-state index contributed by atoms with van der Waals surface area (Å²) in [4.78, 5) is 4.27. The summed E-state index contributed by atoms with van der Waals surface area (Å²) in [6.07, 6.45) is 5.20. The van der Waals surface area contributed by atoms with Crippen LogP contribution in [0.3, 0.4) is 0 Å². The Morgan fingerprint density at radius 2 is 2.12 bits per heavy atom. The van der Waals surface area contributed by atoms with E-state index < -0.39 is 0 Å². The van der Waals surface area contributed by atoms with Gasteiger partial charge in [-0.25, -0.2) is 0 Å². The summed E-state index contributed by atoms with van der Waals surface area (Å²) < 4.78 is 0. The van der Waals surface area contributed by atoms with Crippen LogP contribution >= 0.6 is 22.7 Å². The highest BCUT2D eigenvalue weighted by atomic mass is 32.1. The Hall–Kier alpha value is -0.640. The van der Waals surface area contributed by atoms with Crippen molar-refractivity contribution in [1.82, 2.24) is 0 Å². The molecule has 0 spiro atoms. The normalized spacial score (nSPS) is 16.8. The number of thiophene rings is 2. The number of aryl methyl sites for hydroxylation is 3. The van der Waals surface area contributed by atoms with E-state index in [-0.39, 0.29) is 6.04 Å². The van der Waals surface area contributed by atoms with Gasteiger partial charge in [0.25, 0.3) is 0 Å². The average molecular weight is 263 g/mol. The van der Waals surface area contributed by atoms with E-state index >= 15 is 0 Å². The Kier molecular flexibility index (Phi) is 3.07. The van der Waals surface area contributed by atoms with Gasteiger partial charge < -0.3 is 5.73 Å². The number of nitrogens with two attached hydrogens (primary N) is 1. The van der Waals surface area contributed by atoms with E-state index in [4.69, 9.17) is 5.73 Å². The lowest BCUT2D eigenvalue weighted by Gasteiger charge is -2.08. The van der Waals surface area contributed by atoms with Crippen molar-refractivity contribution in [2.45, 2.75) is 38.6 Å². The van der Waals surface area contributed by atoms with Crippen LogP contribution in [0, 0.1) is 6.92 Å². The van der Waals surface area contributed by atoms with Gasteiger partial charge in [0.1, 0.15) is 0 Å². The highest BCUT2D eigenvalue weighted by molar-refractivity contribution is 7.12. The van der Waals surface area contributed by atoms with Crippen molar-refractivity contribution in [3.05, 3.63) is 43.3 Å². The number of fused-ring (bicyclic) bond motifs is 1. The van der Waals surface area contributed by atoms with E-state index in [0.717, 1.165) is 0 Å². The largest absolute Gasteiger partial charge is 0.320 e. The summed E-state index contributed by atoms with van der Waals surface area (Å²) in [6.45, 7) is 2.16. The molecule has 0 bridgehead atoms. The monoisotopic (exact) mass is 263 g/mol. The van der Waals surface area contributed by atoms with Gasteiger partial charge in [-0.1, -0.05) is 0 Å². The Balaban J connectivity index is 1.94. The molecule has 0 saturated carbocycles. The van der Waals surface area contributed by atoms with E-state index in [0.29, 0.717) is 0 Å². The smallest absolute Gasteiger partial charge is 0.0656 e. The second kappa shape index (κ2) is 4.56. The molecular weight excluding hydrogens is 246 g/mol. The standard InChI is InChI=1S/C14H17NS2/c1-9-11(6-7-16-9)14(15)13-8-10-4-2-3-5-12(10)17-13/h6-8,14H,2-5,15H2,1H3. The van der Waals surface area contributed by atoms with Gasteiger partial charge in [0.15, 0.2) is 0 Å². The Labute approximate surface area is 110 Å². The first-order valence-electron chi connectivity index (χ1n) is 6.17. The maximum Gasteiger partial charge on any atom is 0.0656 e. The molecule has 1 atom stereocenters. The van der Waals surface area contributed by atoms with Crippen molar-refractivity contribution in [1.29, 1.82) is 0 Å². The highest BCUT2D eigenvalue weighted by Gasteiger charge is 2.19. The molecule has 0 aliphatic heterocycles. The fraction of sp³-hybridized carbons (Fsp3) is 0.429. The minimum atomic E-state index is 0.0804. The van der Waals surface area contributed by atoms with E-state index in [2.05, 4.69) is 24.4 Å². The van der Waals surface area contributed by atoms with Crippen molar-refractivity contribution in [3.8, 4) is 0 Å². The van der Waals surface area contributed by atoms with Crippen LogP contribution in [0.4, 0.5) is 0 Å². The third-order valence-electron chi connectivity index (χ3n) is 3.56. The van der Waals surface area contributed by atoms with E-state index in [1.54, 1.807) is 21.8 Å². The van der Waals surface area contributed by atoms with E-state index in [1.807, 2.05) is 11.3 Å². The highest BCUT2D eigenvalue weighted by Crippen LogP contribution is 2.35. The average Bonchev–Trinajstić information content (AvgIpc) is 2.93. The van der Waals surface area contributed by atoms with Crippen LogP contribution < -0.4 is 5.73 Å². The second-order valence-electron chi connectivity index (χ2n) is 4.71. The zero-order chi connectivity index (χ0) is 11.8. The quantitative estimate of drug-likeness (QED) is 0.869. The maximum atomic E-state index is 6.39. The molecule has 0 aromatic carbocycles. The van der Waals surface area contributed by atoms with Crippen LogP contribution in [0.25, 0.3) is 0 Å². The molecule has 0 saturated heterocycles. The second-order valence-corrected chi connectivity index (χ2v) is 7.00. The van der Waals surface area contributed by atoms with Gasteiger partial charge in [0.05, 0.1) is 6.04 Å². The lowest BCUT2D eigenvalue weighted by molar-refractivity contribution is 0.696. The molecule has 3 rings (SSSR count).